The molecule has 0 aromatic heterocycles. The quantitative estimate of drug-likeness (QED) is 0.706. The Morgan fingerprint density at radius 3 is 2.41 bits per heavy atom. The summed E-state index contributed by atoms with van der Waals surface area (Å²) in [6, 6.07) is 0. The highest BCUT2D eigenvalue weighted by Crippen LogP contribution is 2.47. The number of hydrogen-bond acceptors (Lipinski definition) is 2. The zero-order valence-corrected chi connectivity index (χ0v) is 15.0. The highest BCUT2D eigenvalue weighted by atomic mass is 16.4. The molecule has 3 nitrogen and oxygen atoms in total. The molecule has 3 heteroatoms. The molecule has 0 heterocycles. The van der Waals surface area contributed by atoms with E-state index < -0.39 is 11.4 Å². The van der Waals surface area contributed by atoms with Crippen LogP contribution < -0.4 is 0 Å². The zero-order chi connectivity index (χ0) is 17.1. The van der Waals surface area contributed by atoms with Gasteiger partial charge in [0.05, 0.1) is 5.41 Å². The Bertz CT molecular complexity index is 446. The maximum Gasteiger partial charge on any atom is 0.309 e. The lowest BCUT2D eigenvalue weighted by Gasteiger charge is -2.39. The van der Waals surface area contributed by atoms with Crippen LogP contribution in [0.15, 0.2) is 12.2 Å². The second-order valence-corrected chi connectivity index (χ2v) is 8.38. The average molecular weight is 308 g/mol. The number of rotatable bonds is 8. The van der Waals surface area contributed by atoms with E-state index in [-0.39, 0.29) is 23.0 Å². The minimum atomic E-state index is -0.775. The Labute approximate surface area is 135 Å². The van der Waals surface area contributed by atoms with Crippen LogP contribution >= 0.6 is 0 Å². The topological polar surface area (TPSA) is 54.4 Å². The van der Waals surface area contributed by atoms with Gasteiger partial charge >= 0.3 is 5.97 Å². The Morgan fingerprint density at radius 2 is 1.91 bits per heavy atom. The third-order valence-electron chi connectivity index (χ3n) is 5.08. The number of carboxylic acids is 1. The molecule has 0 aliphatic heterocycles. The largest absolute Gasteiger partial charge is 0.481 e. The van der Waals surface area contributed by atoms with E-state index >= 15 is 0 Å². The Kier molecular flexibility index (Phi) is 6.00. The van der Waals surface area contributed by atoms with Crippen LogP contribution in [0.3, 0.4) is 0 Å². The molecule has 0 radical (unpaired) electrons. The smallest absolute Gasteiger partial charge is 0.309 e. The van der Waals surface area contributed by atoms with Crippen LogP contribution in [-0.2, 0) is 9.59 Å². The minimum Gasteiger partial charge on any atom is -0.481 e. The van der Waals surface area contributed by atoms with Gasteiger partial charge in [0.15, 0.2) is 5.78 Å². The van der Waals surface area contributed by atoms with Gasteiger partial charge in [0.25, 0.3) is 0 Å². The van der Waals surface area contributed by atoms with Gasteiger partial charge in [0.2, 0.25) is 0 Å². The van der Waals surface area contributed by atoms with Gasteiger partial charge in [-0.15, -0.1) is 0 Å². The summed E-state index contributed by atoms with van der Waals surface area (Å²) < 4.78 is 0. The second kappa shape index (κ2) is 6.97. The van der Waals surface area contributed by atoms with Crippen molar-refractivity contribution in [2.24, 2.45) is 28.6 Å². The van der Waals surface area contributed by atoms with E-state index in [9.17, 15) is 14.7 Å². The van der Waals surface area contributed by atoms with Crippen LogP contribution in [0.5, 0.6) is 0 Å². The normalized spacial score (nSPS) is 23.8. The van der Waals surface area contributed by atoms with Crippen molar-refractivity contribution in [2.45, 2.75) is 67.2 Å². The van der Waals surface area contributed by atoms with Crippen LogP contribution in [0, 0.1) is 28.6 Å². The number of aliphatic carboxylic acids is 1. The summed E-state index contributed by atoms with van der Waals surface area (Å²) in [6.45, 7) is 12.1. The van der Waals surface area contributed by atoms with Crippen molar-refractivity contribution < 1.29 is 14.7 Å². The van der Waals surface area contributed by atoms with E-state index in [0.717, 1.165) is 19.3 Å². The molecular formula is C19H32O3. The Hall–Kier alpha value is -1.12. The van der Waals surface area contributed by atoms with Crippen molar-refractivity contribution in [3.8, 4) is 0 Å². The monoisotopic (exact) mass is 308 g/mol. The number of carbonyl (C=O) groups excluding carboxylic acids is 1. The van der Waals surface area contributed by atoms with Crippen molar-refractivity contribution in [2.75, 3.05) is 0 Å². The molecule has 0 fully saturated rings. The first-order valence-corrected chi connectivity index (χ1v) is 8.46. The maximum absolute atomic E-state index is 12.3. The van der Waals surface area contributed by atoms with E-state index in [1.54, 1.807) is 19.9 Å². The first-order valence-electron chi connectivity index (χ1n) is 8.46. The van der Waals surface area contributed by atoms with E-state index in [0.29, 0.717) is 12.3 Å². The van der Waals surface area contributed by atoms with Gasteiger partial charge in [-0.25, -0.2) is 0 Å². The molecular weight excluding hydrogens is 276 g/mol. The lowest BCUT2D eigenvalue weighted by molar-refractivity contribution is -0.149. The molecule has 0 aromatic carbocycles. The number of carbonyl (C=O) groups is 2. The molecule has 3 unspecified atom stereocenters. The number of allylic oxidation sites excluding steroid dienone is 2. The number of carboxylic acid groups (broad SMARTS) is 1. The molecule has 0 saturated heterocycles. The van der Waals surface area contributed by atoms with Crippen molar-refractivity contribution in [3.05, 3.63) is 12.2 Å². The second-order valence-electron chi connectivity index (χ2n) is 8.38. The van der Waals surface area contributed by atoms with Gasteiger partial charge in [-0.3, -0.25) is 9.59 Å². The highest BCUT2D eigenvalue weighted by Gasteiger charge is 2.44. The standard InChI is InChI=1S/C19H32O3/c1-7-8-13(2)11-14-15(9-10-16(14)20)18(3,4)12-19(5,6)17(21)22/h9-10,13-15H,7-8,11-12H2,1-6H3,(H,21,22). The van der Waals surface area contributed by atoms with Crippen LogP contribution in [0.2, 0.25) is 0 Å². The highest BCUT2D eigenvalue weighted by molar-refractivity contribution is 5.94. The molecule has 1 aliphatic carbocycles. The summed E-state index contributed by atoms with van der Waals surface area (Å²) in [7, 11) is 0. The van der Waals surface area contributed by atoms with E-state index in [2.05, 4.69) is 27.7 Å². The van der Waals surface area contributed by atoms with Gasteiger partial charge in [0, 0.05) is 5.92 Å². The zero-order valence-electron chi connectivity index (χ0n) is 15.0. The number of hydrogen-bond donors (Lipinski definition) is 1. The van der Waals surface area contributed by atoms with Crippen molar-refractivity contribution in [1.29, 1.82) is 0 Å². The third kappa shape index (κ3) is 4.44. The molecule has 0 aromatic rings. The molecule has 1 N–H and O–H groups in total. The van der Waals surface area contributed by atoms with Crippen LogP contribution in [0.25, 0.3) is 0 Å². The molecule has 0 amide bonds. The summed E-state index contributed by atoms with van der Waals surface area (Å²) >= 11 is 0. The third-order valence-corrected chi connectivity index (χ3v) is 5.08. The van der Waals surface area contributed by atoms with E-state index in [1.165, 1.54) is 0 Å². The van der Waals surface area contributed by atoms with Gasteiger partial charge < -0.3 is 5.11 Å². The predicted octanol–water partition coefficient (Wildman–Crippen LogP) is 4.71. The summed E-state index contributed by atoms with van der Waals surface area (Å²) in [6.07, 6.45) is 7.47. The molecule has 1 aliphatic rings. The summed E-state index contributed by atoms with van der Waals surface area (Å²) in [5, 5.41) is 9.40. The van der Waals surface area contributed by atoms with Crippen LogP contribution in [0.1, 0.15) is 67.2 Å². The molecule has 1 rings (SSSR count). The molecule has 0 saturated carbocycles. The lowest BCUT2D eigenvalue weighted by Crippen LogP contribution is -2.37. The molecule has 126 valence electrons. The Morgan fingerprint density at radius 1 is 1.32 bits per heavy atom. The first kappa shape index (κ1) is 18.9. The van der Waals surface area contributed by atoms with Gasteiger partial charge in [-0.05, 0) is 50.0 Å². The van der Waals surface area contributed by atoms with Crippen LogP contribution in [-0.4, -0.2) is 16.9 Å². The van der Waals surface area contributed by atoms with Crippen molar-refractivity contribution in [3.63, 3.8) is 0 Å². The van der Waals surface area contributed by atoms with Gasteiger partial charge in [0.1, 0.15) is 0 Å². The van der Waals surface area contributed by atoms with Gasteiger partial charge in [-0.2, -0.15) is 0 Å². The summed E-state index contributed by atoms with van der Waals surface area (Å²) in [4.78, 5) is 23.7. The van der Waals surface area contributed by atoms with Gasteiger partial charge in [-0.1, -0.05) is 46.6 Å². The average Bonchev–Trinajstić information content (AvgIpc) is 2.70. The van der Waals surface area contributed by atoms with Crippen LogP contribution in [0.4, 0.5) is 0 Å². The molecule has 0 bridgehead atoms. The maximum atomic E-state index is 12.3. The van der Waals surface area contributed by atoms with Crippen molar-refractivity contribution >= 4 is 11.8 Å². The molecule has 3 atom stereocenters. The first-order chi connectivity index (χ1) is 10.0. The minimum absolute atomic E-state index is 0.0149. The molecule has 22 heavy (non-hydrogen) atoms. The van der Waals surface area contributed by atoms with E-state index in [4.69, 9.17) is 0 Å². The van der Waals surface area contributed by atoms with Crippen molar-refractivity contribution in [1.82, 2.24) is 0 Å². The fourth-order valence-electron chi connectivity index (χ4n) is 4.08. The summed E-state index contributed by atoms with van der Waals surface area (Å²) in [5.74, 6) is 0.127. The molecule has 0 spiro atoms. The fourth-order valence-corrected chi connectivity index (χ4v) is 4.08. The van der Waals surface area contributed by atoms with E-state index in [1.807, 2.05) is 6.08 Å². The SMILES string of the molecule is CCCC(C)CC1C(=O)C=CC1C(C)(C)CC(C)(C)C(=O)O. The lowest BCUT2D eigenvalue weighted by atomic mass is 9.64. The predicted molar refractivity (Wildman–Crippen MR) is 89.6 cm³/mol. The summed E-state index contributed by atoms with van der Waals surface area (Å²) in [5.41, 5.74) is -0.982. The fraction of sp³-hybridized carbons (Fsp3) is 0.789. The number of ketones is 1. The Balaban J connectivity index is 2.89.